The summed E-state index contributed by atoms with van der Waals surface area (Å²) in [6.45, 7) is 3.72. The zero-order chi connectivity index (χ0) is 19.6. The van der Waals surface area contributed by atoms with Gasteiger partial charge < -0.3 is 4.42 Å². The molecule has 2 amide bonds. The van der Waals surface area contributed by atoms with Gasteiger partial charge in [-0.3, -0.25) is 14.5 Å². The number of nitriles is 1. The highest BCUT2D eigenvalue weighted by Crippen LogP contribution is 2.31. The highest BCUT2D eigenvalue weighted by atomic mass is 35.5. The van der Waals surface area contributed by atoms with Crippen LogP contribution < -0.4 is 0 Å². The summed E-state index contributed by atoms with van der Waals surface area (Å²) in [6.07, 6.45) is 2.17. The molecule has 136 valence electrons. The Morgan fingerprint density at radius 2 is 1.93 bits per heavy atom. The number of amides is 2. The molecule has 0 saturated carbocycles. The van der Waals surface area contributed by atoms with E-state index in [2.05, 4.69) is 0 Å². The summed E-state index contributed by atoms with van der Waals surface area (Å²) in [5.74, 6) is 0.0410. The molecule has 0 unspecified atom stereocenters. The molecule has 6 heteroatoms. The molecule has 5 nitrogen and oxygen atoms in total. The number of nitrogens with zero attached hydrogens (tertiary/aromatic N) is 2. The van der Waals surface area contributed by atoms with Gasteiger partial charge in [-0.05, 0) is 49.3 Å². The van der Waals surface area contributed by atoms with Crippen LogP contribution in [0.25, 0.3) is 17.4 Å². The van der Waals surface area contributed by atoms with E-state index in [1.165, 1.54) is 0 Å². The molecule has 0 fully saturated rings. The highest BCUT2D eigenvalue weighted by Gasteiger charge is 2.35. The lowest BCUT2D eigenvalue weighted by atomic mass is 9.94. The number of halogens is 1. The predicted octanol–water partition coefficient (Wildman–Crippen LogP) is 4.60. The van der Waals surface area contributed by atoms with Crippen LogP contribution in [0.15, 0.2) is 57.5 Å². The van der Waals surface area contributed by atoms with Crippen LogP contribution in [0.2, 0.25) is 5.02 Å². The third-order valence-electron chi connectivity index (χ3n) is 4.33. The van der Waals surface area contributed by atoms with Gasteiger partial charge in [0.25, 0.3) is 11.8 Å². The Balaban J connectivity index is 2.04. The Morgan fingerprint density at radius 1 is 1.19 bits per heavy atom. The van der Waals surface area contributed by atoms with E-state index < -0.39 is 11.8 Å². The van der Waals surface area contributed by atoms with Crippen LogP contribution in [0, 0.1) is 11.3 Å². The van der Waals surface area contributed by atoms with Gasteiger partial charge in [0.15, 0.2) is 0 Å². The lowest BCUT2D eigenvalue weighted by Crippen LogP contribution is -2.43. The molecule has 0 radical (unpaired) electrons. The van der Waals surface area contributed by atoms with Gasteiger partial charge in [0.05, 0.1) is 5.02 Å². The Labute approximate surface area is 162 Å². The van der Waals surface area contributed by atoms with Crippen molar-refractivity contribution in [1.82, 2.24) is 4.90 Å². The van der Waals surface area contributed by atoms with Crippen LogP contribution >= 0.6 is 11.6 Å². The number of hydrogen-bond acceptors (Lipinski definition) is 4. The Kier molecular flexibility index (Phi) is 5.29. The molecule has 0 aliphatic carbocycles. The van der Waals surface area contributed by atoms with Gasteiger partial charge in [0.2, 0.25) is 0 Å². The van der Waals surface area contributed by atoms with E-state index in [0.29, 0.717) is 28.5 Å². The zero-order valence-corrected chi connectivity index (χ0v) is 15.7. The Morgan fingerprint density at radius 3 is 2.59 bits per heavy atom. The quantitative estimate of drug-likeness (QED) is 0.573. The van der Waals surface area contributed by atoms with Crippen LogP contribution in [0.1, 0.15) is 26.0 Å². The first-order valence-electron chi connectivity index (χ1n) is 8.52. The van der Waals surface area contributed by atoms with Crippen molar-refractivity contribution in [3.8, 4) is 17.4 Å². The fraction of sp³-hybridized carbons (Fsp3) is 0.190. The first-order valence-corrected chi connectivity index (χ1v) is 8.89. The third kappa shape index (κ3) is 3.44. The number of furan rings is 1. The van der Waals surface area contributed by atoms with E-state index in [0.717, 1.165) is 10.5 Å². The Hall–Kier alpha value is -3.10. The highest BCUT2D eigenvalue weighted by molar-refractivity contribution is 6.33. The number of carbonyl (C=O) groups excluding carboxylic acids is 2. The predicted molar refractivity (Wildman–Crippen MR) is 102 cm³/mol. The standard InChI is InChI=1S/C21H17ClN2O3/c1-3-10-24-20(25)16(13(2)17(12-23)21(24)26)11-14-8-9-19(27-14)15-6-4-5-7-18(15)22/h4-9,11H,3,10H2,1-2H3/b16-11+. The molecule has 1 aliphatic heterocycles. The molecule has 0 atom stereocenters. The summed E-state index contributed by atoms with van der Waals surface area (Å²) < 4.78 is 5.82. The second kappa shape index (κ2) is 7.65. The SMILES string of the molecule is CCCN1C(=O)C(C#N)=C(C)/C(=C\c2ccc(-c3ccccc3Cl)o2)C1=O. The van der Waals surface area contributed by atoms with E-state index in [-0.39, 0.29) is 17.7 Å². The van der Waals surface area contributed by atoms with Crippen molar-refractivity contribution in [2.45, 2.75) is 20.3 Å². The van der Waals surface area contributed by atoms with E-state index in [1.54, 1.807) is 31.2 Å². The molecule has 0 spiro atoms. The van der Waals surface area contributed by atoms with Crippen molar-refractivity contribution >= 4 is 29.5 Å². The average Bonchev–Trinajstić information content (AvgIpc) is 3.11. The largest absolute Gasteiger partial charge is 0.457 e. The van der Waals surface area contributed by atoms with Crippen LogP contribution in [0.3, 0.4) is 0 Å². The molecule has 1 aliphatic rings. The maximum atomic E-state index is 12.8. The lowest BCUT2D eigenvalue weighted by molar-refractivity contribution is -0.140. The van der Waals surface area contributed by atoms with Crippen molar-refractivity contribution in [3.05, 3.63) is 63.9 Å². The molecule has 3 rings (SSSR count). The van der Waals surface area contributed by atoms with Crippen LogP contribution in [0.4, 0.5) is 0 Å². The smallest absolute Gasteiger partial charge is 0.271 e. The van der Waals surface area contributed by atoms with Gasteiger partial charge in [-0.15, -0.1) is 0 Å². The van der Waals surface area contributed by atoms with Gasteiger partial charge in [0.1, 0.15) is 23.2 Å². The summed E-state index contributed by atoms with van der Waals surface area (Å²) in [7, 11) is 0. The molecular weight excluding hydrogens is 364 g/mol. The van der Waals surface area contributed by atoms with E-state index in [4.69, 9.17) is 16.0 Å². The molecule has 27 heavy (non-hydrogen) atoms. The van der Waals surface area contributed by atoms with Crippen molar-refractivity contribution < 1.29 is 14.0 Å². The second-order valence-electron chi connectivity index (χ2n) is 6.11. The summed E-state index contributed by atoms with van der Waals surface area (Å²) in [6, 6.07) is 12.7. The first-order chi connectivity index (χ1) is 13.0. The van der Waals surface area contributed by atoms with E-state index >= 15 is 0 Å². The third-order valence-corrected chi connectivity index (χ3v) is 4.65. The lowest BCUT2D eigenvalue weighted by Gasteiger charge is -2.26. The van der Waals surface area contributed by atoms with Gasteiger partial charge in [-0.1, -0.05) is 30.7 Å². The molecule has 1 aromatic heterocycles. The number of hydrogen-bond donors (Lipinski definition) is 0. The minimum absolute atomic E-state index is 0.0211. The molecule has 2 heterocycles. The van der Waals surface area contributed by atoms with Crippen molar-refractivity contribution in [1.29, 1.82) is 5.26 Å². The maximum absolute atomic E-state index is 12.8. The maximum Gasteiger partial charge on any atom is 0.271 e. The molecule has 1 aromatic carbocycles. The molecule has 0 saturated heterocycles. The monoisotopic (exact) mass is 380 g/mol. The summed E-state index contributed by atoms with van der Waals surface area (Å²) in [5, 5.41) is 9.90. The number of carbonyl (C=O) groups is 2. The van der Waals surface area contributed by atoms with Crippen molar-refractivity contribution in [3.63, 3.8) is 0 Å². The average molecular weight is 381 g/mol. The summed E-state index contributed by atoms with van der Waals surface area (Å²) >= 11 is 6.20. The summed E-state index contributed by atoms with van der Waals surface area (Å²) in [5.41, 5.74) is 1.36. The van der Waals surface area contributed by atoms with Gasteiger partial charge >= 0.3 is 0 Å². The number of benzene rings is 1. The number of imide groups is 1. The minimum Gasteiger partial charge on any atom is -0.457 e. The Bertz CT molecular complexity index is 1020. The summed E-state index contributed by atoms with van der Waals surface area (Å²) in [4.78, 5) is 26.2. The minimum atomic E-state index is -0.546. The fourth-order valence-electron chi connectivity index (χ4n) is 2.93. The van der Waals surface area contributed by atoms with Crippen molar-refractivity contribution in [2.75, 3.05) is 6.54 Å². The van der Waals surface area contributed by atoms with Crippen LogP contribution in [-0.2, 0) is 9.59 Å². The van der Waals surface area contributed by atoms with Gasteiger partial charge in [0, 0.05) is 17.7 Å². The normalized spacial score (nSPS) is 16.2. The number of rotatable bonds is 4. The molecule has 2 aromatic rings. The fourth-order valence-corrected chi connectivity index (χ4v) is 3.16. The topological polar surface area (TPSA) is 74.3 Å². The van der Waals surface area contributed by atoms with E-state index in [1.807, 2.05) is 31.2 Å². The first kappa shape index (κ1) is 18.7. The van der Waals surface area contributed by atoms with Gasteiger partial charge in [-0.25, -0.2) is 0 Å². The molecule has 0 bridgehead atoms. The van der Waals surface area contributed by atoms with Crippen LogP contribution in [-0.4, -0.2) is 23.3 Å². The second-order valence-corrected chi connectivity index (χ2v) is 6.52. The zero-order valence-electron chi connectivity index (χ0n) is 15.0. The van der Waals surface area contributed by atoms with Crippen molar-refractivity contribution in [2.24, 2.45) is 0 Å². The molecule has 0 N–H and O–H groups in total. The van der Waals surface area contributed by atoms with E-state index in [9.17, 15) is 14.9 Å². The molecular formula is C21H17ClN2O3. The van der Waals surface area contributed by atoms with Crippen LogP contribution in [0.5, 0.6) is 0 Å². The van der Waals surface area contributed by atoms with Gasteiger partial charge in [-0.2, -0.15) is 5.26 Å².